The van der Waals surface area contributed by atoms with Gasteiger partial charge in [-0.2, -0.15) is 13.9 Å². The zero-order chi connectivity index (χ0) is 51.7. The predicted octanol–water partition coefficient (Wildman–Crippen LogP) is 10.7. The molecule has 2 heterocycles. The molecule has 2 aliphatic heterocycles. The van der Waals surface area contributed by atoms with Gasteiger partial charge in [-0.1, -0.05) is 98.8 Å². The minimum absolute atomic E-state index is 0.0384. The number of fused-ring (bicyclic) bond motifs is 2. The molecular formula is C56H61N3O10S2. The molecule has 6 aromatic rings. The monoisotopic (exact) mass is 999 g/mol. The highest BCUT2D eigenvalue weighted by molar-refractivity contribution is 7.89. The number of nitrogens with zero attached hydrogens (tertiary/aromatic N) is 3. The molecule has 2 N–H and O–H groups in total. The third-order valence-corrected chi connectivity index (χ3v) is 15.7. The summed E-state index contributed by atoms with van der Waals surface area (Å²) in [6.45, 7) is 12.6. The molecule has 6 aromatic carbocycles. The summed E-state index contributed by atoms with van der Waals surface area (Å²) in [5.74, 6) is -1.11. The second-order valence-corrected chi connectivity index (χ2v) is 22.4. The first-order valence-corrected chi connectivity index (χ1v) is 26.3. The minimum Gasteiger partial charge on any atom is -0.488 e. The molecule has 0 saturated heterocycles. The first kappa shape index (κ1) is 53.5. The number of benzene rings is 6. The van der Waals surface area contributed by atoms with E-state index >= 15 is 0 Å². The van der Waals surface area contributed by atoms with Crippen molar-refractivity contribution in [2.45, 2.75) is 108 Å². The number of nitriles is 1. The third kappa shape index (κ3) is 13.5. The molecule has 0 radical (unpaired) electrons. The molecule has 0 saturated carbocycles. The van der Waals surface area contributed by atoms with E-state index in [0.717, 1.165) is 60.4 Å². The zero-order valence-electron chi connectivity index (χ0n) is 41.2. The molecule has 0 spiro atoms. The van der Waals surface area contributed by atoms with Gasteiger partial charge in [0.2, 0.25) is 20.0 Å². The van der Waals surface area contributed by atoms with Crippen LogP contribution in [0.1, 0.15) is 87.8 Å². The Hall–Kier alpha value is -6.83. The molecule has 0 atom stereocenters. The van der Waals surface area contributed by atoms with Crippen LogP contribution in [-0.4, -0.2) is 71.9 Å². The number of aliphatic carboxylic acids is 2. The van der Waals surface area contributed by atoms with E-state index in [-0.39, 0.29) is 34.1 Å². The van der Waals surface area contributed by atoms with Crippen LogP contribution >= 0.6 is 0 Å². The van der Waals surface area contributed by atoms with Crippen molar-refractivity contribution in [3.05, 3.63) is 167 Å². The molecule has 0 aliphatic carbocycles. The molecule has 0 fully saturated rings. The molecule has 15 heteroatoms. The van der Waals surface area contributed by atoms with Gasteiger partial charge < -0.3 is 19.7 Å². The topological polar surface area (TPSA) is 192 Å². The van der Waals surface area contributed by atoms with E-state index in [9.17, 15) is 36.6 Å². The Labute approximate surface area is 418 Å². The van der Waals surface area contributed by atoms with Gasteiger partial charge >= 0.3 is 11.9 Å². The Morgan fingerprint density at radius 3 is 1.48 bits per heavy atom. The Morgan fingerprint density at radius 2 is 1.04 bits per heavy atom. The molecular weight excluding hydrogens is 939 g/mol. The number of sulfonamides is 2. The van der Waals surface area contributed by atoms with Crippen molar-refractivity contribution in [1.82, 2.24) is 8.61 Å². The number of carbonyl (C=O) groups is 2. The molecule has 8 rings (SSSR count). The summed E-state index contributed by atoms with van der Waals surface area (Å²) in [5, 5.41) is 27.9. The highest BCUT2D eigenvalue weighted by Crippen LogP contribution is 2.37. The molecule has 0 bridgehead atoms. The Bertz CT molecular complexity index is 3150. The third-order valence-electron chi connectivity index (χ3n) is 12.1. The summed E-state index contributed by atoms with van der Waals surface area (Å²) >= 11 is 0. The lowest BCUT2D eigenvalue weighted by Gasteiger charge is -2.33. The van der Waals surface area contributed by atoms with E-state index in [1.54, 1.807) is 54.6 Å². The number of carboxylic acid groups (broad SMARTS) is 2. The van der Waals surface area contributed by atoms with Crippen LogP contribution in [0.2, 0.25) is 0 Å². The van der Waals surface area contributed by atoms with Crippen LogP contribution < -0.4 is 9.47 Å². The maximum atomic E-state index is 13.4. The molecule has 2 aliphatic rings. The summed E-state index contributed by atoms with van der Waals surface area (Å²) < 4.78 is 67.6. The highest BCUT2D eigenvalue weighted by Gasteiger charge is 2.33. The number of hydrogen-bond acceptors (Lipinski definition) is 9. The van der Waals surface area contributed by atoms with Crippen molar-refractivity contribution in [2.24, 2.45) is 0 Å². The molecule has 372 valence electrons. The Morgan fingerprint density at radius 1 is 0.592 bits per heavy atom. The quantitative estimate of drug-likeness (QED) is 0.106. The van der Waals surface area contributed by atoms with Gasteiger partial charge in [0.1, 0.15) is 35.8 Å². The normalized spacial score (nSPS) is 14.4. The van der Waals surface area contributed by atoms with Gasteiger partial charge in [0, 0.05) is 13.1 Å². The average Bonchev–Trinajstić information content (AvgIpc) is 3.34. The lowest BCUT2D eigenvalue weighted by Crippen LogP contribution is -2.36. The van der Waals surface area contributed by atoms with Crippen LogP contribution in [0.25, 0.3) is 22.3 Å². The van der Waals surface area contributed by atoms with E-state index in [1.807, 2.05) is 115 Å². The number of ether oxygens (including phenoxy) is 2. The smallest absolute Gasteiger partial charge is 0.318 e. The molecule has 71 heavy (non-hydrogen) atoms. The van der Waals surface area contributed by atoms with Gasteiger partial charge in [0.25, 0.3) is 0 Å². The molecule has 0 aromatic heterocycles. The van der Waals surface area contributed by atoms with Gasteiger partial charge in [0.05, 0.1) is 21.4 Å². The van der Waals surface area contributed by atoms with Crippen molar-refractivity contribution in [2.75, 3.05) is 13.1 Å². The van der Waals surface area contributed by atoms with E-state index < -0.39 is 45.1 Å². The van der Waals surface area contributed by atoms with E-state index in [4.69, 9.17) is 14.7 Å². The number of rotatable bonds is 14. The van der Waals surface area contributed by atoms with Gasteiger partial charge in [0.15, 0.2) is 0 Å². The van der Waals surface area contributed by atoms with Crippen LogP contribution in [0.15, 0.2) is 143 Å². The van der Waals surface area contributed by atoms with Crippen LogP contribution in [0.3, 0.4) is 0 Å². The van der Waals surface area contributed by atoms with Crippen molar-refractivity contribution in [1.29, 1.82) is 5.26 Å². The fraction of sp³-hybridized carbons (Fsp3) is 0.304. The van der Waals surface area contributed by atoms with Gasteiger partial charge in [-0.3, -0.25) is 9.59 Å². The summed E-state index contributed by atoms with van der Waals surface area (Å²) in [4.78, 5) is 23.2. The highest BCUT2D eigenvalue weighted by atomic mass is 32.2. The van der Waals surface area contributed by atoms with Gasteiger partial charge in [-0.25, -0.2) is 16.8 Å². The predicted molar refractivity (Wildman–Crippen MR) is 274 cm³/mol. The summed E-state index contributed by atoms with van der Waals surface area (Å²) in [6, 6.07) is 41.5. The summed E-state index contributed by atoms with van der Waals surface area (Å²) in [5.41, 5.74) is 7.91. The fourth-order valence-corrected chi connectivity index (χ4v) is 11.2. The van der Waals surface area contributed by atoms with Crippen molar-refractivity contribution in [3.63, 3.8) is 0 Å². The maximum absolute atomic E-state index is 13.4. The van der Waals surface area contributed by atoms with E-state index in [2.05, 4.69) is 6.07 Å². The van der Waals surface area contributed by atoms with E-state index in [1.165, 1.54) is 12.1 Å². The van der Waals surface area contributed by atoms with Crippen LogP contribution in [0.4, 0.5) is 0 Å². The van der Waals surface area contributed by atoms with Crippen LogP contribution in [0.5, 0.6) is 11.5 Å². The fourth-order valence-electron chi connectivity index (χ4n) is 8.31. The van der Waals surface area contributed by atoms with Gasteiger partial charge in [-0.15, -0.1) is 0 Å². The number of carboxylic acids is 2. The first-order chi connectivity index (χ1) is 33.6. The maximum Gasteiger partial charge on any atom is 0.318 e. The Kier molecular flexibility index (Phi) is 17.0. The van der Waals surface area contributed by atoms with Crippen LogP contribution in [-0.2, 0) is 55.6 Å². The molecule has 13 nitrogen and oxygen atoms in total. The zero-order valence-corrected chi connectivity index (χ0v) is 42.8. The largest absolute Gasteiger partial charge is 0.488 e. The Balaban J connectivity index is 0.000000225. The SMILES string of the molecule is CC.CC1(C)CCc2cc(S(=O)(=O)N(CC(=O)O)Cc3ccc(-c4cccc(C#N)c4)cc3)ccc2O1.Cc1ccccc1-c1ccc(CN(CC(=O)O)S(=O)(=O)c2ccc3c(c2)CCC(C)(C)O3)cc1. The minimum atomic E-state index is -4.07. The number of hydrogen-bond donors (Lipinski definition) is 2. The van der Waals surface area contributed by atoms with Crippen molar-refractivity contribution < 1.29 is 46.1 Å². The summed E-state index contributed by atoms with van der Waals surface area (Å²) in [6.07, 6.45) is 2.91. The molecule has 0 amide bonds. The standard InChI is InChI=1S/C27H26N2O5S.C27H29NO5S.C2H6/c1-27(2)13-12-23-15-24(10-11-25(23)34-27)35(32,33)29(18-26(30)31)17-19-6-8-21(9-7-19)22-5-3-4-20(14-22)16-28;1-19-6-4-5-7-24(19)21-10-8-20(9-11-21)17-28(18-26(29)30)34(31,32)23-12-13-25-22(16-23)14-15-27(2,3)33-25;1-2/h3-11,14-15H,12-13,17-18H2,1-2H3,(H,30,31);4-13,16H,14-15,17-18H2,1-3H3,(H,29,30);1-2H3. The average molecular weight is 1000 g/mol. The summed E-state index contributed by atoms with van der Waals surface area (Å²) in [7, 11) is -8.10. The second kappa shape index (κ2) is 22.5. The van der Waals surface area contributed by atoms with Gasteiger partial charge in [-0.05, 0) is 159 Å². The van der Waals surface area contributed by atoms with Crippen molar-refractivity contribution >= 4 is 32.0 Å². The number of aryl methyl sites for hydroxylation is 3. The van der Waals surface area contributed by atoms with Crippen LogP contribution in [0, 0.1) is 18.3 Å². The molecule has 0 unspecified atom stereocenters. The van der Waals surface area contributed by atoms with E-state index in [0.29, 0.717) is 41.0 Å². The second-order valence-electron chi connectivity index (χ2n) is 18.5. The lowest BCUT2D eigenvalue weighted by molar-refractivity contribution is -0.138. The first-order valence-electron chi connectivity index (χ1n) is 23.4. The van der Waals surface area contributed by atoms with Crippen molar-refractivity contribution in [3.8, 4) is 39.8 Å². The lowest BCUT2D eigenvalue weighted by atomic mass is 9.94.